The van der Waals surface area contributed by atoms with Crippen LogP contribution < -0.4 is 14.1 Å². The lowest BCUT2D eigenvalue weighted by molar-refractivity contribution is -0.117. The lowest BCUT2D eigenvalue weighted by Gasteiger charge is -2.40. The maximum atomic E-state index is 12.9. The summed E-state index contributed by atoms with van der Waals surface area (Å²) in [5.41, 5.74) is 4.73. The highest BCUT2D eigenvalue weighted by Crippen LogP contribution is 2.40. The Labute approximate surface area is 194 Å². The fourth-order valence-corrected chi connectivity index (χ4v) is 5.58. The lowest BCUT2D eigenvalue weighted by atomic mass is 9.98. The second-order valence-corrected chi connectivity index (χ2v) is 10.8. The zero-order chi connectivity index (χ0) is 24.1. The van der Waals surface area contributed by atoms with E-state index in [1.807, 2.05) is 43.3 Å². The van der Waals surface area contributed by atoms with Crippen molar-refractivity contribution in [3.05, 3.63) is 42.0 Å². The number of nitrogens with zero attached hydrogens (tertiary/aromatic N) is 3. The molecule has 176 valence electrons. The van der Waals surface area contributed by atoms with Crippen LogP contribution in [0.4, 0.5) is 21.9 Å². The number of ether oxygens (including phenoxy) is 1. The highest BCUT2D eigenvalue weighted by Gasteiger charge is 2.35. The van der Waals surface area contributed by atoms with Crippen LogP contribution in [0.3, 0.4) is 0 Å². The SMILES string of the molecule is CC(=O)N1c2ccc(-c3ccc4c(c3)CCN4S(C)(=O)=O)cc2N(C(=O)OC(C)C)CC1C. The molecule has 2 aliphatic heterocycles. The molecule has 2 amide bonds. The van der Waals surface area contributed by atoms with Gasteiger partial charge in [-0.05, 0) is 68.1 Å². The van der Waals surface area contributed by atoms with Gasteiger partial charge >= 0.3 is 6.09 Å². The van der Waals surface area contributed by atoms with Gasteiger partial charge in [-0.15, -0.1) is 0 Å². The summed E-state index contributed by atoms with van der Waals surface area (Å²) in [6.07, 6.45) is 1.14. The molecule has 0 spiro atoms. The van der Waals surface area contributed by atoms with Gasteiger partial charge in [-0.2, -0.15) is 0 Å². The number of hydrogen-bond donors (Lipinski definition) is 0. The highest BCUT2D eigenvalue weighted by molar-refractivity contribution is 7.92. The van der Waals surface area contributed by atoms with Gasteiger partial charge in [0.05, 0.1) is 35.5 Å². The van der Waals surface area contributed by atoms with Gasteiger partial charge in [0.25, 0.3) is 0 Å². The molecule has 0 aliphatic carbocycles. The summed E-state index contributed by atoms with van der Waals surface area (Å²) in [6.45, 7) is 7.78. The minimum atomic E-state index is -3.31. The Morgan fingerprint density at radius 3 is 2.27 bits per heavy atom. The number of carbonyl (C=O) groups excluding carboxylic acids is 2. The predicted octanol–water partition coefficient (Wildman–Crippen LogP) is 3.78. The molecule has 2 aliphatic rings. The second-order valence-electron chi connectivity index (χ2n) is 8.91. The Balaban J connectivity index is 1.77. The van der Waals surface area contributed by atoms with Gasteiger partial charge in [0.2, 0.25) is 15.9 Å². The van der Waals surface area contributed by atoms with Gasteiger partial charge in [0, 0.05) is 20.0 Å². The number of anilines is 3. The van der Waals surface area contributed by atoms with Gasteiger partial charge in [0.1, 0.15) is 0 Å². The third-order valence-electron chi connectivity index (χ3n) is 5.98. The van der Waals surface area contributed by atoms with E-state index in [-0.39, 0.29) is 18.1 Å². The largest absolute Gasteiger partial charge is 0.446 e. The van der Waals surface area contributed by atoms with Crippen molar-refractivity contribution >= 4 is 39.1 Å². The Hall–Kier alpha value is -3.07. The number of amides is 2. The van der Waals surface area contributed by atoms with Crippen LogP contribution in [0.15, 0.2) is 36.4 Å². The van der Waals surface area contributed by atoms with Crippen LogP contribution in [-0.2, 0) is 26.0 Å². The third-order valence-corrected chi connectivity index (χ3v) is 7.16. The summed E-state index contributed by atoms with van der Waals surface area (Å²) in [4.78, 5) is 28.5. The highest BCUT2D eigenvalue weighted by atomic mass is 32.2. The van der Waals surface area contributed by atoms with Crippen LogP contribution in [0, 0.1) is 0 Å². The van der Waals surface area contributed by atoms with Crippen molar-refractivity contribution in [3.63, 3.8) is 0 Å². The van der Waals surface area contributed by atoms with Gasteiger partial charge in [-0.1, -0.05) is 12.1 Å². The summed E-state index contributed by atoms with van der Waals surface area (Å²) in [5.74, 6) is -0.0909. The molecule has 2 aromatic rings. The molecule has 0 bridgehead atoms. The van der Waals surface area contributed by atoms with Crippen LogP contribution in [-0.4, -0.2) is 51.9 Å². The van der Waals surface area contributed by atoms with E-state index >= 15 is 0 Å². The number of carbonyl (C=O) groups is 2. The number of sulfonamides is 1. The Morgan fingerprint density at radius 2 is 1.67 bits per heavy atom. The number of rotatable bonds is 3. The van der Waals surface area contributed by atoms with Crippen molar-refractivity contribution in [1.29, 1.82) is 0 Å². The first kappa shape index (κ1) is 23.1. The van der Waals surface area contributed by atoms with E-state index in [9.17, 15) is 18.0 Å². The van der Waals surface area contributed by atoms with Crippen LogP contribution >= 0.6 is 0 Å². The average Bonchev–Trinajstić information content (AvgIpc) is 3.15. The quantitative estimate of drug-likeness (QED) is 0.680. The summed E-state index contributed by atoms with van der Waals surface area (Å²) in [7, 11) is -3.31. The summed E-state index contributed by atoms with van der Waals surface area (Å²) in [6, 6.07) is 11.2. The number of fused-ring (bicyclic) bond motifs is 2. The van der Waals surface area contributed by atoms with E-state index < -0.39 is 16.1 Å². The third kappa shape index (κ3) is 4.29. The Kier molecular flexibility index (Phi) is 5.86. The molecule has 1 unspecified atom stereocenters. The molecular formula is C24H29N3O5S. The molecular weight excluding hydrogens is 442 g/mol. The normalized spacial score (nSPS) is 17.8. The van der Waals surface area contributed by atoms with E-state index in [1.54, 1.807) is 23.6 Å². The molecule has 0 saturated carbocycles. The Bertz CT molecular complexity index is 1220. The topological polar surface area (TPSA) is 87.2 Å². The number of hydrogen-bond acceptors (Lipinski definition) is 5. The maximum absolute atomic E-state index is 12.9. The first-order chi connectivity index (χ1) is 15.5. The smallest absolute Gasteiger partial charge is 0.414 e. The van der Waals surface area contributed by atoms with Crippen molar-refractivity contribution in [2.24, 2.45) is 0 Å². The first-order valence-electron chi connectivity index (χ1n) is 11.0. The molecule has 0 aromatic heterocycles. The molecule has 4 rings (SSSR count). The van der Waals surface area contributed by atoms with Crippen molar-refractivity contribution in [2.45, 2.75) is 46.3 Å². The fraction of sp³-hybridized carbons (Fsp3) is 0.417. The first-order valence-corrected chi connectivity index (χ1v) is 12.8. The van der Waals surface area contributed by atoms with Crippen LogP contribution in [0.5, 0.6) is 0 Å². The molecule has 33 heavy (non-hydrogen) atoms. The van der Waals surface area contributed by atoms with E-state index in [0.29, 0.717) is 36.6 Å². The van der Waals surface area contributed by atoms with Crippen molar-refractivity contribution in [1.82, 2.24) is 0 Å². The summed E-state index contributed by atoms with van der Waals surface area (Å²) < 4.78 is 31.0. The average molecular weight is 472 g/mol. The van der Waals surface area contributed by atoms with Crippen molar-refractivity contribution in [3.8, 4) is 11.1 Å². The van der Waals surface area contributed by atoms with Crippen molar-refractivity contribution < 1.29 is 22.7 Å². The minimum Gasteiger partial charge on any atom is -0.446 e. The Morgan fingerprint density at radius 1 is 1.03 bits per heavy atom. The molecule has 1 atom stereocenters. The number of benzene rings is 2. The van der Waals surface area contributed by atoms with E-state index in [1.165, 1.54) is 17.5 Å². The zero-order valence-corrected chi connectivity index (χ0v) is 20.3. The zero-order valence-electron chi connectivity index (χ0n) is 19.5. The van der Waals surface area contributed by atoms with Crippen molar-refractivity contribution in [2.75, 3.05) is 33.5 Å². The molecule has 0 N–H and O–H groups in total. The van der Waals surface area contributed by atoms with Gasteiger partial charge < -0.3 is 9.64 Å². The van der Waals surface area contributed by atoms with Gasteiger partial charge in [-0.3, -0.25) is 14.0 Å². The summed E-state index contributed by atoms with van der Waals surface area (Å²) >= 11 is 0. The van der Waals surface area contributed by atoms with Gasteiger partial charge in [0.15, 0.2) is 0 Å². The molecule has 0 radical (unpaired) electrons. The van der Waals surface area contributed by atoms with E-state index in [0.717, 1.165) is 16.7 Å². The molecule has 9 heteroatoms. The molecule has 2 heterocycles. The summed E-state index contributed by atoms with van der Waals surface area (Å²) in [5, 5.41) is 0. The second kappa shape index (κ2) is 8.37. The van der Waals surface area contributed by atoms with Crippen LogP contribution in [0.25, 0.3) is 11.1 Å². The lowest BCUT2D eigenvalue weighted by Crippen LogP contribution is -2.51. The molecule has 8 nitrogen and oxygen atoms in total. The van der Waals surface area contributed by atoms with Gasteiger partial charge in [-0.25, -0.2) is 13.2 Å². The molecule has 0 fully saturated rings. The molecule has 2 aromatic carbocycles. The molecule has 0 saturated heterocycles. The van der Waals surface area contributed by atoms with E-state index in [4.69, 9.17) is 4.74 Å². The van der Waals surface area contributed by atoms with Crippen LogP contribution in [0.2, 0.25) is 0 Å². The van der Waals surface area contributed by atoms with Crippen LogP contribution in [0.1, 0.15) is 33.3 Å². The monoisotopic (exact) mass is 471 g/mol. The van der Waals surface area contributed by atoms with E-state index in [2.05, 4.69) is 0 Å². The predicted molar refractivity (Wildman–Crippen MR) is 129 cm³/mol. The fourth-order valence-electron chi connectivity index (χ4n) is 4.62. The standard InChI is InChI=1S/C24H29N3O5S/c1-15(2)32-24(29)25-14-16(3)27(17(4)28)22-9-7-19(13-23(22)25)18-6-8-21-20(12-18)10-11-26(21)33(5,30)31/h6-9,12-13,15-16H,10-11,14H2,1-5H3. The maximum Gasteiger partial charge on any atom is 0.414 e. The minimum absolute atomic E-state index is 0.0909.